The lowest BCUT2D eigenvalue weighted by atomic mass is 9.96. The zero-order valence-corrected chi connectivity index (χ0v) is 15.7. The molecule has 4 nitrogen and oxygen atoms in total. The molecule has 1 aliphatic rings. The molecule has 1 aliphatic heterocycles. The van der Waals surface area contributed by atoms with Gasteiger partial charge in [0.15, 0.2) is 0 Å². The molecule has 0 spiro atoms. The molecule has 1 aromatic heterocycles. The van der Waals surface area contributed by atoms with E-state index in [0.29, 0.717) is 24.2 Å². The molecule has 2 N–H and O–H groups in total. The number of carbonyl (C=O) groups is 1. The highest BCUT2D eigenvalue weighted by Gasteiger charge is 2.22. The predicted molar refractivity (Wildman–Crippen MR) is 102 cm³/mol. The molecule has 0 aliphatic carbocycles. The van der Waals surface area contributed by atoms with E-state index in [-0.39, 0.29) is 23.8 Å². The molecule has 7 heteroatoms. The number of anilines is 1. The summed E-state index contributed by atoms with van der Waals surface area (Å²) in [6.45, 7) is 4.49. The number of hydrogen-bond acceptors (Lipinski definition) is 3. The third kappa shape index (κ3) is 4.71. The molecule has 0 bridgehead atoms. The average Bonchev–Trinajstić information content (AvgIpc) is 2.61. The third-order valence-corrected chi connectivity index (χ3v) is 4.54. The first-order chi connectivity index (χ1) is 13.3. The Morgan fingerprint density at radius 2 is 2.00 bits per heavy atom. The van der Waals surface area contributed by atoms with Crippen LogP contribution in [0.2, 0.25) is 0 Å². The first-order valence-corrected chi connectivity index (χ1v) is 9.14. The summed E-state index contributed by atoms with van der Waals surface area (Å²) in [5, 5.41) is 6.14. The van der Waals surface area contributed by atoms with Crippen LogP contribution in [-0.2, 0) is 11.2 Å². The van der Waals surface area contributed by atoms with Gasteiger partial charge in [-0.15, -0.1) is 0 Å². The molecule has 2 heterocycles. The van der Waals surface area contributed by atoms with Crippen LogP contribution in [-0.4, -0.2) is 17.4 Å². The van der Waals surface area contributed by atoms with E-state index in [2.05, 4.69) is 15.6 Å². The standard InChI is InChI=1S/C21H22F3N3O/c1-12(2)19-18(4-6-26-21(19)28)27-16-3-5-25-17(11-16)9-13-7-14(20(23)24)10-15(22)8-13/h3,5,7-8,10-12,20H,4,6,9H2,1-2H3,(H,25,27)(H,26,28). The Labute approximate surface area is 161 Å². The summed E-state index contributed by atoms with van der Waals surface area (Å²) < 4.78 is 39.4. The van der Waals surface area contributed by atoms with E-state index in [4.69, 9.17) is 0 Å². The quantitative estimate of drug-likeness (QED) is 0.760. The fourth-order valence-corrected chi connectivity index (χ4v) is 3.35. The SMILES string of the molecule is CC(C)C1=C(Nc2ccnc(Cc3cc(F)cc(C(F)F)c3)c2)CCNC1=O. The molecule has 2 aromatic rings. The van der Waals surface area contributed by atoms with Crippen LogP contribution in [0.25, 0.3) is 0 Å². The van der Waals surface area contributed by atoms with Crippen molar-refractivity contribution in [3.8, 4) is 0 Å². The molecule has 1 aromatic carbocycles. The largest absolute Gasteiger partial charge is 0.358 e. The summed E-state index contributed by atoms with van der Waals surface area (Å²) in [6, 6.07) is 6.92. The second-order valence-electron chi connectivity index (χ2n) is 7.08. The second kappa shape index (κ2) is 8.46. The monoisotopic (exact) mass is 389 g/mol. The van der Waals surface area contributed by atoms with Gasteiger partial charge in [0.2, 0.25) is 5.91 Å². The van der Waals surface area contributed by atoms with Gasteiger partial charge in [0, 0.05) is 53.8 Å². The van der Waals surface area contributed by atoms with Gasteiger partial charge in [-0.3, -0.25) is 9.78 Å². The first kappa shape index (κ1) is 19.9. The topological polar surface area (TPSA) is 54.0 Å². The molecule has 28 heavy (non-hydrogen) atoms. The smallest absolute Gasteiger partial charge is 0.263 e. The highest BCUT2D eigenvalue weighted by atomic mass is 19.3. The van der Waals surface area contributed by atoms with Crippen molar-refractivity contribution in [1.29, 1.82) is 0 Å². The molecule has 0 unspecified atom stereocenters. The van der Waals surface area contributed by atoms with Crippen molar-refractivity contribution in [1.82, 2.24) is 10.3 Å². The van der Waals surface area contributed by atoms with Crippen LogP contribution in [0.3, 0.4) is 0 Å². The number of halogens is 3. The van der Waals surface area contributed by atoms with Crippen LogP contribution in [0.1, 0.15) is 43.5 Å². The van der Waals surface area contributed by atoms with Crippen LogP contribution in [0, 0.1) is 11.7 Å². The van der Waals surface area contributed by atoms with Crippen molar-refractivity contribution in [2.45, 2.75) is 33.1 Å². The molecule has 0 saturated carbocycles. The maximum Gasteiger partial charge on any atom is 0.263 e. The van der Waals surface area contributed by atoms with Crippen molar-refractivity contribution in [2.24, 2.45) is 5.92 Å². The van der Waals surface area contributed by atoms with Crippen molar-refractivity contribution >= 4 is 11.6 Å². The van der Waals surface area contributed by atoms with Gasteiger partial charge in [0.25, 0.3) is 6.43 Å². The summed E-state index contributed by atoms with van der Waals surface area (Å²) in [6.07, 6.45) is -0.208. The van der Waals surface area contributed by atoms with Crippen molar-refractivity contribution in [3.63, 3.8) is 0 Å². The van der Waals surface area contributed by atoms with Gasteiger partial charge >= 0.3 is 0 Å². The second-order valence-corrected chi connectivity index (χ2v) is 7.08. The van der Waals surface area contributed by atoms with Crippen LogP contribution < -0.4 is 10.6 Å². The maximum atomic E-state index is 13.6. The van der Waals surface area contributed by atoms with E-state index in [9.17, 15) is 18.0 Å². The lowest BCUT2D eigenvalue weighted by Gasteiger charge is -2.24. The van der Waals surface area contributed by atoms with Crippen molar-refractivity contribution in [2.75, 3.05) is 11.9 Å². The van der Waals surface area contributed by atoms with E-state index >= 15 is 0 Å². The van der Waals surface area contributed by atoms with Gasteiger partial charge in [-0.05, 0) is 41.8 Å². The van der Waals surface area contributed by atoms with Crippen LogP contribution in [0.15, 0.2) is 47.8 Å². The number of nitrogens with zero attached hydrogens (tertiary/aromatic N) is 1. The summed E-state index contributed by atoms with van der Waals surface area (Å²) >= 11 is 0. The summed E-state index contributed by atoms with van der Waals surface area (Å²) in [7, 11) is 0. The average molecular weight is 389 g/mol. The molecule has 0 radical (unpaired) electrons. The van der Waals surface area contributed by atoms with Gasteiger partial charge < -0.3 is 10.6 Å². The van der Waals surface area contributed by atoms with Crippen molar-refractivity contribution < 1.29 is 18.0 Å². The van der Waals surface area contributed by atoms with E-state index < -0.39 is 12.2 Å². The molecule has 3 rings (SSSR count). The molecular formula is C21H22F3N3O. The lowest BCUT2D eigenvalue weighted by Crippen LogP contribution is -2.35. The van der Waals surface area contributed by atoms with Crippen LogP contribution in [0.4, 0.5) is 18.9 Å². The van der Waals surface area contributed by atoms with Gasteiger partial charge in [-0.25, -0.2) is 13.2 Å². The number of nitrogens with one attached hydrogen (secondary N) is 2. The number of pyridine rings is 1. The summed E-state index contributed by atoms with van der Waals surface area (Å²) in [5.74, 6) is -0.691. The zero-order chi connectivity index (χ0) is 20.3. The summed E-state index contributed by atoms with van der Waals surface area (Å²) in [4.78, 5) is 16.4. The first-order valence-electron chi connectivity index (χ1n) is 9.14. The highest BCUT2D eigenvalue weighted by Crippen LogP contribution is 2.25. The Morgan fingerprint density at radius 1 is 1.21 bits per heavy atom. The van der Waals surface area contributed by atoms with Crippen LogP contribution >= 0.6 is 0 Å². The fraction of sp³-hybridized carbons (Fsp3) is 0.333. The minimum Gasteiger partial charge on any atom is -0.358 e. The Hall–Kier alpha value is -2.83. The molecule has 0 atom stereocenters. The Morgan fingerprint density at radius 3 is 2.71 bits per heavy atom. The predicted octanol–water partition coefficient (Wildman–Crippen LogP) is 4.59. The highest BCUT2D eigenvalue weighted by molar-refractivity contribution is 5.96. The summed E-state index contributed by atoms with van der Waals surface area (Å²) in [5.41, 5.74) is 3.03. The van der Waals surface area contributed by atoms with E-state index in [0.717, 1.165) is 23.0 Å². The number of aromatic nitrogens is 1. The molecular weight excluding hydrogens is 367 g/mol. The Balaban J connectivity index is 1.83. The Bertz CT molecular complexity index is 910. The number of alkyl halides is 2. The molecule has 148 valence electrons. The molecule has 0 saturated heterocycles. The van der Waals surface area contributed by atoms with Gasteiger partial charge in [-0.2, -0.15) is 0 Å². The van der Waals surface area contributed by atoms with E-state index in [1.807, 2.05) is 13.8 Å². The minimum atomic E-state index is -2.73. The van der Waals surface area contributed by atoms with Gasteiger partial charge in [0.1, 0.15) is 5.82 Å². The number of carbonyl (C=O) groups excluding carboxylic acids is 1. The lowest BCUT2D eigenvalue weighted by molar-refractivity contribution is -0.118. The normalized spacial score (nSPS) is 14.6. The number of rotatable bonds is 6. The number of benzene rings is 1. The van der Waals surface area contributed by atoms with E-state index in [1.165, 1.54) is 12.1 Å². The third-order valence-electron chi connectivity index (χ3n) is 4.54. The zero-order valence-electron chi connectivity index (χ0n) is 15.7. The van der Waals surface area contributed by atoms with Crippen LogP contribution in [0.5, 0.6) is 0 Å². The fourth-order valence-electron chi connectivity index (χ4n) is 3.35. The van der Waals surface area contributed by atoms with Crippen molar-refractivity contribution in [3.05, 3.63) is 70.4 Å². The van der Waals surface area contributed by atoms with Gasteiger partial charge in [-0.1, -0.05) is 13.8 Å². The van der Waals surface area contributed by atoms with Gasteiger partial charge in [0.05, 0.1) is 0 Å². The number of hydrogen-bond donors (Lipinski definition) is 2. The van der Waals surface area contributed by atoms with E-state index in [1.54, 1.807) is 18.3 Å². The minimum absolute atomic E-state index is 0.0719. The molecule has 1 amide bonds. The number of amides is 1. The molecule has 0 fully saturated rings. The maximum absolute atomic E-state index is 13.6. The Kier molecular flexibility index (Phi) is 6.02.